The number of piperidine rings is 1. The lowest BCUT2D eigenvalue weighted by Gasteiger charge is -2.34. The molecule has 3 rings (SSSR count). The van der Waals surface area contributed by atoms with Crippen LogP contribution in [0, 0.1) is 6.92 Å². The summed E-state index contributed by atoms with van der Waals surface area (Å²) in [5.74, 6) is 0.931. The van der Waals surface area contributed by atoms with Gasteiger partial charge in [-0.2, -0.15) is 0 Å². The molecule has 5 nitrogen and oxygen atoms in total. The molecule has 1 saturated heterocycles. The zero-order valence-corrected chi connectivity index (χ0v) is 17.2. The van der Waals surface area contributed by atoms with E-state index < -0.39 is 0 Å². The number of nitrogens with zero attached hydrogens (tertiary/aromatic N) is 3. The van der Waals surface area contributed by atoms with Crippen LogP contribution in [-0.2, 0) is 13.0 Å². The van der Waals surface area contributed by atoms with Gasteiger partial charge in [0.15, 0.2) is 5.96 Å². The van der Waals surface area contributed by atoms with Gasteiger partial charge in [0, 0.05) is 44.6 Å². The summed E-state index contributed by atoms with van der Waals surface area (Å²) >= 11 is 0. The first-order valence-electron chi connectivity index (χ1n) is 10.4. The number of aryl methyl sites for hydroxylation is 1. The molecule has 0 aliphatic carbocycles. The van der Waals surface area contributed by atoms with Crippen LogP contribution in [0.5, 0.6) is 0 Å². The second-order valence-electron chi connectivity index (χ2n) is 7.52. The first-order valence-corrected chi connectivity index (χ1v) is 10.4. The molecule has 0 bridgehead atoms. The lowest BCUT2D eigenvalue weighted by Crippen LogP contribution is -2.51. The molecule has 2 N–H and O–H groups in total. The van der Waals surface area contributed by atoms with Gasteiger partial charge in [0.2, 0.25) is 0 Å². The Bertz CT molecular complexity index is 744. The van der Waals surface area contributed by atoms with E-state index in [0.29, 0.717) is 6.04 Å². The molecular weight excluding hydrogens is 346 g/mol. The van der Waals surface area contributed by atoms with Gasteiger partial charge in [0.1, 0.15) is 0 Å². The molecule has 0 radical (unpaired) electrons. The summed E-state index contributed by atoms with van der Waals surface area (Å²) in [6.45, 7) is 9.13. The fourth-order valence-electron chi connectivity index (χ4n) is 3.74. The van der Waals surface area contributed by atoms with Crippen LogP contribution in [-0.4, -0.2) is 48.1 Å². The minimum Gasteiger partial charge on any atom is -0.357 e. The third-order valence-electron chi connectivity index (χ3n) is 5.23. The van der Waals surface area contributed by atoms with E-state index in [4.69, 9.17) is 4.99 Å². The minimum atomic E-state index is 0.443. The van der Waals surface area contributed by atoms with Gasteiger partial charge >= 0.3 is 0 Å². The largest absolute Gasteiger partial charge is 0.357 e. The number of guanidine groups is 1. The van der Waals surface area contributed by atoms with E-state index in [1.807, 2.05) is 12.4 Å². The van der Waals surface area contributed by atoms with Crippen LogP contribution in [0.25, 0.3) is 0 Å². The first-order chi connectivity index (χ1) is 13.7. The first kappa shape index (κ1) is 20.3. The Morgan fingerprint density at radius 1 is 1.25 bits per heavy atom. The fraction of sp³-hybridized carbons (Fsp3) is 0.478. The van der Waals surface area contributed by atoms with E-state index >= 15 is 0 Å². The molecule has 1 atom stereocenters. The molecule has 1 aromatic heterocycles. The summed E-state index contributed by atoms with van der Waals surface area (Å²) in [7, 11) is 0. The molecule has 28 heavy (non-hydrogen) atoms. The Hall–Kier alpha value is -2.40. The van der Waals surface area contributed by atoms with Crippen molar-refractivity contribution in [3.63, 3.8) is 0 Å². The molecule has 150 valence electrons. The van der Waals surface area contributed by atoms with Crippen molar-refractivity contribution in [1.82, 2.24) is 20.5 Å². The van der Waals surface area contributed by atoms with Crippen LogP contribution >= 0.6 is 0 Å². The van der Waals surface area contributed by atoms with Crippen molar-refractivity contribution in [2.45, 2.75) is 45.7 Å². The number of aromatic nitrogens is 1. The highest BCUT2D eigenvalue weighted by Crippen LogP contribution is 2.14. The van der Waals surface area contributed by atoms with E-state index in [1.54, 1.807) is 0 Å². The molecule has 0 spiro atoms. The summed E-state index contributed by atoms with van der Waals surface area (Å²) < 4.78 is 0. The quantitative estimate of drug-likeness (QED) is 0.573. The lowest BCUT2D eigenvalue weighted by atomic mass is 10.0. The zero-order chi connectivity index (χ0) is 19.6. The molecule has 0 saturated carbocycles. The van der Waals surface area contributed by atoms with Gasteiger partial charge in [-0.15, -0.1) is 0 Å². The number of rotatable bonds is 7. The maximum Gasteiger partial charge on any atom is 0.191 e. The number of aliphatic imine (C=N–C) groups is 1. The Morgan fingerprint density at radius 3 is 2.89 bits per heavy atom. The Balaban J connectivity index is 1.53. The highest BCUT2D eigenvalue weighted by Gasteiger charge is 2.20. The number of benzene rings is 1. The molecule has 1 unspecified atom stereocenters. The van der Waals surface area contributed by atoms with E-state index in [-0.39, 0.29) is 0 Å². The number of hydrogen-bond donors (Lipinski definition) is 2. The second-order valence-corrected chi connectivity index (χ2v) is 7.52. The van der Waals surface area contributed by atoms with E-state index in [2.05, 4.69) is 70.8 Å². The molecule has 1 aliphatic rings. The molecule has 2 aromatic rings. The molecule has 1 aliphatic heterocycles. The third-order valence-corrected chi connectivity index (χ3v) is 5.23. The maximum absolute atomic E-state index is 4.81. The Kier molecular flexibility index (Phi) is 7.85. The Morgan fingerprint density at radius 2 is 2.11 bits per heavy atom. The standard InChI is InChI=1S/C23H33N5/c1-3-25-23(26-14-12-21-11-13-24-16-19(21)2)27-22-10-7-15-28(18-22)17-20-8-5-4-6-9-20/h4-6,8-9,11,13,16,22H,3,7,10,12,14-15,17-18H2,1-2H3,(H2,25,26,27). The molecule has 5 heteroatoms. The van der Waals surface area contributed by atoms with Crippen LogP contribution in [0.4, 0.5) is 0 Å². The van der Waals surface area contributed by atoms with Crippen molar-refractivity contribution < 1.29 is 0 Å². The van der Waals surface area contributed by atoms with Crippen LogP contribution in [0.2, 0.25) is 0 Å². The van der Waals surface area contributed by atoms with Gasteiger partial charge in [-0.1, -0.05) is 30.3 Å². The van der Waals surface area contributed by atoms with E-state index in [1.165, 1.54) is 36.1 Å². The van der Waals surface area contributed by atoms with Gasteiger partial charge in [0.05, 0.1) is 0 Å². The van der Waals surface area contributed by atoms with Crippen molar-refractivity contribution >= 4 is 5.96 Å². The van der Waals surface area contributed by atoms with Crippen molar-refractivity contribution in [2.24, 2.45) is 4.99 Å². The van der Waals surface area contributed by atoms with Crippen molar-refractivity contribution in [1.29, 1.82) is 0 Å². The average Bonchev–Trinajstić information content (AvgIpc) is 2.71. The summed E-state index contributed by atoms with van der Waals surface area (Å²) in [5.41, 5.74) is 3.94. The topological polar surface area (TPSA) is 52.6 Å². The lowest BCUT2D eigenvalue weighted by molar-refractivity contribution is 0.192. The van der Waals surface area contributed by atoms with Gasteiger partial charge in [0.25, 0.3) is 0 Å². The maximum atomic E-state index is 4.81. The molecule has 2 heterocycles. The van der Waals surface area contributed by atoms with Gasteiger partial charge < -0.3 is 10.6 Å². The van der Waals surface area contributed by atoms with E-state index in [0.717, 1.165) is 38.6 Å². The summed E-state index contributed by atoms with van der Waals surface area (Å²) in [5, 5.41) is 7.06. The zero-order valence-electron chi connectivity index (χ0n) is 17.2. The Labute approximate surface area is 169 Å². The fourth-order valence-corrected chi connectivity index (χ4v) is 3.74. The highest BCUT2D eigenvalue weighted by atomic mass is 15.2. The molecular formula is C23H33N5. The normalized spacial score (nSPS) is 18.1. The van der Waals surface area contributed by atoms with Crippen LogP contribution in [0.3, 0.4) is 0 Å². The number of likely N-dealkylation sites (tertiary alicyclic amines) is 1. The predicted molar refractivity (Wildman–Crippen MR) is 117 cm³/mol. The van der Waals surface area contributed by atoms with Gasteiger partial charge in [-0.25, -0.2) is 0 Å². The number of hydrogen-bond acceptors (Lipinski definition) is 3. The second kappa shape index (κ2) is 10.8. The average molecular weight is 380 g/mol. The number of nitrogens with one attached hydrogen (secondary N) is 2. The monoisotopic (exact) mass is 379 g/mol. The molecule has 1 fully saturated rings. The molecule has 1 aromatic carbocycles. The highest BCUT2D eigenvalue weighted by molar-refractivity contribution is 5.80. The summed E-state index contributed by atoms with van der Waals surface area (Å²) in [4.78, 5) is 11.5. The number of pyridine rings is 1. The SMILES string of the molecule is CCNC(=NCCc1ccncc1C)NC1CCCN(Cc2ccccc2)C1. The summed E-state index contributed by atoms with van der Waals surface area (Å²) in [6.07, 6.45) is 7.14. The predicted octanol–water partition coefficient (Wildman–Crippen LogP) is 3.15. The van der Waals surface area contributed by atoms with Crippen molar-refractivity contribution in [3.8, 4) is 0 Å². The smallest absolute Gasteiger partial charge is 0.191 e. The van der Waals surface area contributed by atoms with E-state index in [9.17, 15) is 0 Å². The van der Waals surface area contributed by atoms with Gasteiger partial charge in [-0.3, -0.25) is 14.9 Å². The van der Waals surface area contributed by atoms with Crippen molar-refractivity contribution in [3.05, 3.63) is 65.5 Å². The molecule has 0 amide bonds. The third kappa shape index (κ3) is 6.34. The van der Waals surface area contributed by atoms with Crippen LogP contribution < -0.4 is 10.6 Å². The van der Waals surface area contributed by atoms with Crippen LogP contribution in [0.1, 0.15) is 36.5 Å². The van der Waals surface area contributed by atoms with Crippen LogP contribution in [0.15, 0.2) is 53.8 Å². The minimum absolute atomic E-state index is 0.443. The van der Waals surface area contributed by atoms with Crippen molar-refractivity contribution in [2.75, 3.05) is 26.2 Å². The summed E-state index contributed by atoms with van der Waals surface area (Å²) in [6, 6.07) is 13.3. The van der Waals surface area contributed by atoms with Gasteiger partial charge in [-0.05, 0) is 62.4 Å².